The van der Waals surface area contributed by atoms with Crippen LogP contribution in [0.3, 0.4) is 0 Å². The molecule has 0 unspecified atom stereocenters. The van der Waals surface area contributed by atoms with E-state index in [0.29, 0.717) is 18.2 Å². The van der Waals surface area contributed by atoms with Crippen LogP contribution in [0.25, 0.3) is 0 Å². The number of nitrogen functional groups attached to an aromatic ring is 1. The molecule has 3 heterocycles. The van der Waals surface area contributed by atoms with Crippen molar-refractivity contribution in [2.75, 3.05) is 41.8 Å². The average molecular weight is 301 g/mol. The smallest absolute Gasteiger partial charge is 0.225 e. The second-order valence-electron chi connectivity index (χ2n) is 5.53. The summed E-state index contributed by atoms with van der Waals surface area (Å²) in [5.41, 5.74) is 7.58. The minimum absolute atomic E-state index is 0.221. The van der Waals surface area contributed by atoms with Crippen molar-refractivity contribution in [3.05, 3.63) is 36.4 Å². The Bertz CT molecular complexity index is 693. The molecule has 4 rings (SSSR count). The molecule has 1 fully saturated rings. The molecule has 6 nitrogen and oxygen atoms in total. The fraction of sp³-hybridized carbons (Fsp3) is 0.333. The van der Waals surface area contributed by atoms with E-state index in [4.69, 9.17) is 10.5 Å². The predicted molar refractivity (Wildman–Crippen MR) is 81.7 cm³/mol. The summed E-state index contributed by atoms with van der Waals surface area (Å²) in [6.07, 6.45) is 2.40. The number of hydrogen-bond acceptors (Lipinski definition) is 6. The molecule has 0 saturated carbocycles. The molecule has 2 aliphatic rings. The third kappa shape index (κ3) is 2.18. The first-order chi connectivity index (χ1) is 10.7. The van der Waals surface area contributed by atoms with Crippen LogP contribution in [0, 0.1) is 5.82 Å². The standard InChI is InChI=1S/C15H16FN5O/c16-10-6-18-15(19-7-10)20-3-4-21-12(8-20)9-22-14-5-11(17)1-2-13(14)21/h1-2,5-7,12H,3-4,8-9,17H2/t12-/m1/s1. The first kappa shape index (κ1) is 13.1. The summed E-state index contributed by atoms with van der Waals surface area (Å²) < 4.78 is 18.8. The van der Waals surface area contributed by atoms with E-state index in [9.17, 15) is 4.39 Å². The van der Waals surface area contributed by atoms with Crippen LogP contribution < -0.4 is 20.3 Å². The van der Waals surface area contributed by atoms with Gasteiger partial charge in [-0.05, 0) is 12.1 Å². The van der Waals surface area contributed by atoms with Gasteiger partial charge in [0.25, 0.3) is 0 Å². The maximum Gasteiger partial charge on any atom is 0.225 e. The first-order valence-corrected chi connectivity index (χ1v) is 7.22. The minimum atomic E-state index is -0.421. The maximum atomic E-state index is 12.9. The molecule has 0 radical (unpaired) electrons. The van der Waals surface area contributed by atoms with Crippen molar-refractivity contribution in [1.29, 1.82) is 0 Å². The molecule has 2 aliphatic heterocycles. The summed E-state index contributed by atoms with van der Waals surface area (Å²) in [5, 5.41) is 0. The van der Waals surface area contributed by atoms with Crippen LogP contribution in [0.1, 0.15) is 0 Å². The fourth-order valence-corrected chi connectivity index (χ4v) is 3.04. The highest BCUT2D eigenvalue weighted by atomic mass is 19.1. The van der Waals surface area contributed by atoms with E-state index in [0.717, 1.165) is 31.1 Å². The molecule has 0 amide bonds. The summed E-state index contributed by atoms with van der Waals surface area (Å²) in [5.74, 6) is 0.974. The number of ether oxygens (including phenoxy) is 1. The summed E-state index contributed by atoms with van der Waals surface area (Å²) in [6, 6.07) is 5.97. The summed E-state index contributed by atoms with van der Waals surface area (Å²) >= 11 is 0. The SMILES string of the molecule is Nc1ccc2c(c1)OC[C@H]1CN(c3ncc(F)cn3)CCN21. The normalized spacial score (nSPS) is 20.1. The van der Waals surface area contributed by atoms with Crippen LogP contribution in [0.5, 0.6) is 5.75 Å². The Balaban J connectivity index is 1.56. The van der Waals surface area contributed by atoms with Crippen LogP contribution in [0.4, 0.5) is 21.7 Å². The molecule has 22 heavy (non-hydrogen) atoms. The van der Waals surface area contributed by atoms with Gasteiger partial charge in [0.1, 0.15) is 12.4 Å². The van der Waals surface area contributed by atoms with Crippen LogP contribution in [0.15, 0.2) is 30.6 Å². The van der Waals surface area contributed by atoms with Gasteiger partial charge in [-0.25, -0.2) is 14.4 Å². The van der Waals surface area contributed by atoms with Gasteiger partial charge in [-0.3, -0.25) is 0 Å². The van der Waals surface area contributed by atoms with Gasteiger partial charge in [-0.1, -0.05) is 0 Å². The number of nitrogens with zero attached hydrogens (tertiary/aromatic N) is 4. The molecule has 114 valence electrons. The molecule has 2 N–H and O–H groups in total. The Morgan fingerprint density at radius 3 is 2.86 bits per heavy atom. The molecule has 1 atom stereocenters. The number of hydrogen-bond donors (Lipinski definition) is 1. The summed E-state index contributed by atoms with van der Waals surface area (Å²) in [7, 11) is 0. The second-order valence-corrected chi connectivity index (χ2v) is 5.53. The summed E-state index contributed by atoms with van der Waals surface area (Å²) in [4.78, 5) is 12.5. The topological polar surface area (TPSA) is 67.5 Å². The Hall–Kier alpha value is -2.57. The van der Waals surface area contributed by atoms with Crippen molar-refractivity contribution in [2.24, 2.45) is 0 Å². The van der Waals surface area contributed by atoms with Gasteiger partial charge in [0.15, 0.2) is 5.82 Å². The first-order valence-electron chi connectivity index (χ1n) is 7.22. The lowest BCUT2D eigenvalue weighted by Gasteiger charge is -2.45. The highest BCUT2D eigenvalue weighted by molar-refractivity contribution is 5.66. The molecular weight excluding hydrogens is 285 g/mol. The molecule has 1 saturated heterocycles. The van der Waals surface area contributed by atoms with Gasteiger partial charge in [0.2, 0.25) is 5.95 Å². The number of rotatable bonds is 1. The van der Waals surface area contributed by atoms with E-state index in [1.807, 2.05) is 18.2 Å². The lowest BCUT2D eigenvalue weighted by molar-refractivity contribution is 0.254. The van der Waals surface area contributed by atoms with Gasteiger partial charge >= 0.3 is 0 Å². The lowest BCUT2D eigenvalue weighted by atomic mass is 10.1. The van der Waals surface area contributed by atoms with Crippen molar-refractivity contribution >= 4 is 17.3 Å². The number of fused-ring (bicyclic) bond motifs is 3. The zero-order valence-electron chi connectivity index (χ0n) is 11.9. The molecule has 0 bridgehead atoms. The van der Waals surface area contributed by atoms with Crippen LogP contribution in [0.2, 0.25) is 0 Å². The summed E-state index contributed by atoms with van der Waals surface area (Å²) in [6.45, 7) is 2.96. The quantitative estimate of drug-likeness (QED) is 0.801. The predicted octanol–water partition coefficient (Wildman–Crippen LogP) is 1.29. The van der Waals surface area contributed by atoms with Crippen molar-refractivity contribution in [1.82, 2.24) is 9.97 Å². The van der Waals surface area contributed by atoms with Crippen molar-refractivity contribution in [2.45, 2.75) is 6.04 Å². The zero-order chi connectivity index (χ0) is 15.1. The lowest BCUT2D eigenvalue weighted by Crippen LogP contribution is -2.57. The van der Waals surface area contributed by atoms with Crippen LogP contribution >= 0.6 is 0 Å². The molecular formula is C15H16FN5O. The minimum Gasteiger partial charge on any atom is -0.489 e. The third-order valence-corrected chi connectivity index (χ3v) is 4.10. The van der Waals surface area contributed by atoms with Gasteiger partial charge in [-0.2, -0.15) is 0 Å². The van der Waals surface area contributed by atoms with E-state index in [1.54, 1.807) is 0 Å². The number of piperazine rings is 1. The number of anilines is 3. The van der Waals surface area contributed by atoms with Crippen molar-refractivity contribution in [3.63, 3.8) is 0 Å². The maximum absolute atomic E-state index is 12.9. The van der Waals surface area contributed by atoms with Crippen molar-refractivity contribution in [3.8, 4) is 5.75 Å². The third-order valence-electron chi connectivity index (χ3n) is 4.10. The highest BCUT2D eigenvalue weighted by Crippen LogP contribution is 2.36. The highest BCUT2D eigenvalue weighted by Gasteiger charge is 2.33. The molecule has 0 aliphatic carbocycles. The van der Waals surface area contributed by atoms with Gasteiger partial charge in [0.05, 0.1) is 24.1 Å². The monoisotopic (exact) mass is 301 g/mol. The second kappa shape index (κ2) is 5.01. The Kier molecular flexibility index (Phi) is 2.99. The zero-order valence-corrected chi connectivity index (χ0v) is 11.9. The van der Waals surface area contributed by atoms with Gasteiger partial charge in [-0.15, -0.1) is 0 Å². The number of aromatic nitrogens is 2. The van der Waals surface area contributed by atoms with E-state index in [2.05, 4.69) is 19.8 Å². The van der Waals surface area contributed by atoms with Crippen LogP contribution in [-0.2, 0) is 0 Å². The molecule has 1 aromatic heterocycles. The average Bonchev–Trinajstić information content (AvgIpc) is 2.54. The Morgan fingerprint density at radius 1 is 1.23 bits per heavy atom. The molecule has 1 aromatic carbocycles. The number of benzene rings is 1. The van der Waals surface area contributed by atoms with Crippen LogP contribution in [-0.4, -0.2) is 42.3 Å². The molecule has 2 aromatic rings. The largest absolute Gasteiger partial charge is 0.489 e. The van der Waals surface area contributed by atoms with Crippen molar-refractivity contribution < 1.29 is 9.13 Å². The van der Waals surface area contributed by atoms with E-state index >= 15 is 0 Å². The van der Waals surface area contributed by atoms with Gasteiger partial charge in [0, 0.05) is 31.4 Å². The van der Waals surface area contributed by atoms with E-state index in [1.165, 1.54) is 12.4 Å². The molecule has 0 spiro atoms. The van der Waals surface area contributed by atoms with Gasteiger partial charge < -0.3 is 20.3 Å². The number of halogens is 1. The Morgan fingerprint density at radius 2 is 2.05 bits per heavy atom. The fourth-order valence-electron chi connectivity index (χ4n) is 3.04. The molecule has 7 heteroatoms. The van der Waals surface area contributed by atoms with E-state index in [-0.39, 0.29) is 6.04 Å². The van der Waals surface area contributed by atoms with E-state index < -0.39 is 5.82 Å². The Labute approximate surface area is 127 Å². The number of nitrogens with two attached hydrogens (primary N) is 1.